The first kappa shape index (κ1) is 7.90. The van der Waals surface area contributed by atoms with E-state index >= 15 is 0 Å². The molecule has 0 N–H and O–H groups in total. The van der Waals surface area contributed by atoms with Gasteiger partial charge in [-0.1, -0.05) is 0 Å². The van der Waals surface area contributed by atoms with E-state index in [1.165, 1.54) is 0 Å². The van der Waals surface area contributed by atoms with Crippen LogP contribution in [0.3, 0.4) is 0 Å². The number of oxazole rings is 1. The van der Waals surface area contributed by atoms with Crippen LogP contribution in [-0.4, -0.2) is 4.98 Å². The summed E-state index contributed by atoms with van der Waals surface area (Å²) in [6.45, 7) is 0. The summed E-state index contributed by atoms with van der Waals surface area (Å²) >= 11 is 1.58. The molecule has 0 unspecified atom stereocenters. The number of rotatable bonds is 0. The summed E-state index contributed by atoms with van der Waals surface area (Å²) < 4.78 is 30.6. The van der Waals surface area contributed by atoms with Crippen molar-refractivity contribution >= 4 is 33.7 Å². The Bertz CT molecular complexity index is 440. The SMILES string of the molecule is Fc1cc2ncoc2c(F)c1I. The van der Waals surface area contributed by atoms with Gasteiger partial charge in [0.2, 0.25) is 0 Å². The third-order valence-electron chi connectivity index (χ3n) is 1.46. The van der Waals surface area contributed by atoms with Crippen molar-refractivity contribution in [3.8, 4) is 0 Å². The molecule has 1 heterocycles. The molecule has 0 spiro atoms. The fraction of sp³-hybridized carbons (Fsp3) is 0. The van der Waals surface area contributed by atoms with Crippen LogP contribution in [-0.2, 0) is 0 Å². The highest BCUT2D eigenvalue weighted by atomic mass is 127. The summed E-state index contributed by atoms with van der Waals surface area (Å²) in [5, 5.41) is 0. The van der Waals surface area contributed by atoms with Crippen LogP contribution in [0.4, 0.5) is 8.78 Å². The quantitative estimate of drug-likeness (QED) is 0.548. The molecule has 2 aromatic rings. The molecule has 0 amide bonds. The molecule has 0 bridgehead atoms. The van der Waals surface area contributed by atoms with Crippen molar-refractivity contribution in [2.45, 2.75) is 0 Å². The Morgan fingerprint density at radius 2 is 2.17 bits per heavy atom. The molecule has 2 rings (SSSR count). The van der Waals surface area contributed by atoms with Gasteiger partial charge < -0.3 is 4.42 Å². The Balaban J connectivity index is 2.94. The van der Waals surface area contributed by atoms with E-state index in [0.717, 1.165) is 12.5 Å². The zero-order valence-corrected chi connectivity index (χ0v) is 7.80. The molecule has 2 nitrogen and oxygen atoms in total. The third kappa shape index (κ3) is 0.996. The van der Waals surface area contributed by atoms with Crippen LogP contribution in [0, 0.1) is 15.2 Å². The van der Waals surface area contributed by atoms with Gasteiger partial charge in [-0.15, -0.1) is 0 Å². The zero-order chi connectivity index (χ0) is 8.72. The van der Waals surface area contributed by atoms with E-state index in [1.54, 1.807) is 22.6 Å². The molecule has 0 atom stereocenters. The van der Waals surface area contributed by atoms with Crippen LogP contribution in [0.5, 0.6) is 0 Å². The fourth-order valence-electron chi connectivity index (χ4n) is 0.910. The lowest BCUT2D eigenvalue weighted by atomic mass is 10.3. The lowest BCUT2D eigenvalue weighted by Gasteiger charge is -1.95. The Labute approximate surface area is 79.7 Å². The van der Waals surface area contributed by atoms with Gasteiger partial charge >= 0.3 is 0 Å². The largest absolute Gasteiger partial charge is 0.440 e. The minimum atomic E-state index is -0.692. The second-order valence-electron chi connectivity index (χ2n) is 2.19. The Hall–Kier alpha value is -0.720. The summed E-state index contributed by atoms with van der Waals surface area (Å²) in [6.07, 6.45) is 1.09. The maximum atomic E-state index is 13.1. The molecule has 12 heavy (non-hydrogen) atoms. The van der Waals surface area contributed by atoms with Gasteiger partial charge in [0.25, 0.3) is 0 Å². The van der Waals surface area contributed by atoms with E-state index < -0.39 is 11.6 Å². The van der Waals surface area contributed by atoms with Crippen molar-refractivity contribution in [2.24, 2.45) is 0 Å². The van der Waals surface area contributed by atoms with Crippen LogP contribution in [0.2, 0.25) is 0 Å². The lowest BCUT2D eigenvalue weighted by Crippen LogP contribution is -1.88. The fourth-order valence-corrected chi connectivity index (χ4v) is 1.31. The first-order valence-corrected chi connectivity index (χ1v) is 4.14. The minimum absolute atomic E-state index is 0.000741. The van der Waals surface area contributed by atoms with E-state index in [0.29, 0.717) is 0 Å². The molecule has 0 aliphatic carbocycles. The highest BCUT2D eigenvalue weighted by Gasteiger charge is 2.13. The van der Waals surface area contributed by atoms with Crippen molar-refractivity contribution in [3.63, 3.8) is 0 Å². The van der Waals surface area contributed by atoms with Crippen LogP contribution in [0.1, 0.15) is 0 Å². The molecular formula is C7H2F2INO. The first-order chi connectivity index (χ1) is 5.70. The molecule has 0 saturated carbocycles. The number of fused-ring (bicyclic) bond motifs is 1. The van der Waals surface area contributed by atoms with Crippen LogP contribution in [0.25, 0.3) is 11.1 Å². The maximum absolute atomic E-state index is 13.1. The number of nitrogens with zero attached hydrogens (tertiary/aromatic N) is 1. The summed E-state index contributed by atoms with van der Waals surface area (Å²) in [4.78, 5) is 3.63. The van der Waals surface area contributed by atoms with Crippen LogP contribution < -0.4 is 0 Å². The number of hydrogen-bond donors (Lipinski definition) is 0. The van der Waals surface area contributed by atoms with E-state index in [9.17, 15) is 8.78 Å². The van der Waals surface area contributed by atoms with Gasteiger partial charge in [-0.25, -0.2) is 13.8 Å². The van der Waals surface area contributed by atoms with Gasteiger partial charge in [0.15, 0.2) is 17.8 Å². The van der Waals surface area contributed by atoms with E-state index in [-0.39, 0.29) is 14.7 Å². The highest BCUT2D eigenvalue weighted by Crippen LogP contribution is 2.23. The Kier molecular flexibility index (Phi) is 1.75. The molecule has 5 heteroatoms. The molecule has 0 aliphatic rings. The molecule has 62 valence electrons. The van der Waals surface area contributed by atoms with Gasteiger partial charge in [0.05, 0.1) is 3.57 Å². The maximum Gasteiger partial charge on any atom is 0.191 e. The summed E-state index contributed by atoms with van der Waals surface area (Å²) in [6, 6.07) is 1.14. The number of aromatic nitrogens is 1. The van der Waals surface area contributed by atoms with E-state index in [1.807, 2.05) is 0 Å². The molecule has 0 saturated heterocycles. The molecular weight excluding hydrogens is 279 g/mol. The monoisotopic (exact) mass is 281 g/mol. The minimum Gasteiger partial charge on any atom is -0.440 e. The van der Waals surface area contributed by atoms with Gasteiger partial charge in [-0.3, -0.25) is 0 Å². The molecule has 1 aromatic heterocycles. The average molecular weight is 281 g/mol. The molecule has 0 aliphatic heterocycles. The second kappa shape index (κ2) is 2.65. The van der Waals surface area contributed by atoms with E-state index in [4.69, 9.17) is 4.42 Å². The Morgan fingerprint density at radius 3 is 2.92 bits per heavy atom. The van der Waals surface area contributed by atoms with Gasteiger partial charge in [0.1, 0.15) is 11.3 Å². The number of hydrogen-bond acceptors (Lipinski definition) is 2. The molecule has 0 radical (unpaired) electrons. The average Bonchev–Trinajstić information content (AvgIpc) is 2.48. The van der Waals surface area contributed by atoms with Crippen molar-refractivity contribution in [1.29, 1.82) is 0 Å². The summed E-state index contributed by atoms with van der Waals surface area (Å²) in [5.41, 5.74) is 0.200. The van der Waals surface area contributed by atoms with Gasteiger partial charge in [-0.05, 0) is 22.6 Å². The smallest absolute Gasteiger partial charge is 0.191 e. The first-order valence-electron chi connectivity index (χ1n) is 3.07. The summed E-state index contributed by atoms with van der Waals surface area (Å²) in [5.74, 6) is -1.31. The number of halogens is 3. The number of benzene rings is 1. The second-order valence-corrected chi connectivity index (χ2v) is 3.27. The van der Waals surface area contributed by atoms with Crippen molar-refractivity contribution in [2.75, 3.05) is 0 Å². The van der Waals surface area contributed by atoms with Crippen molar-refractivity contribution in [3.05, 3.63) is 27.7 Å². The molecule has 0 fully saturated rings. The standard InChI is InChI=1S/C7H2F2INO/c8-3-1-4-7(12-2-11-4)5(9)6(3)10/h1-2H. The highest BCUT2D eigenvalue weighted by molar-refractivity contribution is 14.1. The van der Waals surface area contributed by atoms with Crippen LogP contribution >= 0.6 is 22.6 Å². The topological polar surface area (TPSA) is 26.0 Å². The normalized spacial score (nSPS) is 10.9. The Morgan fingerprint density at radius 1 is 1.42 bits per heavy atom. The zero-order valence-electron chi connectivity index (χ0n) is 5.64. The van der Waals surface area contributed by atoms with Crippen molar-refractivity contribution in [1.82, 2.24) is 4.98 Å². The van der Waals surface area contributed by atoms with Gasteiger partial charge in [0, 0.05) is 6.07 Å². The van der Waals surface area contributed by atoms with Gasteiger partial charge in [-0.2, -0.15) is 0 Å². The predicted octanol–water partition coefficient (Wildman–Crippen LogP) is 2.71. The predicted molar refractivity (Wildman–Crippen MR) is 46.6 cm³/mol. The third-order valence-corrected chi connectivity index (χ3v) is 2.45. The van der Waals surface area contributed by atoms with E-state index in [2.05, 4.69) is 4.98 Å². The summed E-state index contributed by atoms with van der Waals surface area (Å²) in [7, 11) is 0. The lowest BCUT2D eigenvalue weighted by molar-refractivity contribution is 0.536. The van der Waals surface area contributed by atoms with Crippen molar-refractivity contribution < 1.29 is 13.2 Å². The molecule has 1 aromatic carbocycles. The van der Waals surface area contributed by atoms with Crippen LogP contribution in [0.15, 0.2) is 16.9 Å².